The molecule has 0 amide bonds. The van der Waals surface area contributed by atoms with E-state index in [2.05, 4.69) is 33.6 Å². The van der Waals surface area contributed by atoms with Crippen LogP contribution in [0, 0.1) is 0 Å². The van der Waals surface area contributed by atoms with Crippen LogP contribution in [0.2, 0.25) is 0 Å². The minimum absolute atomic E-state index is 0.818. The van der Waals surface area contributed by atoms with Gasteiger partial charge in [0.2, 0.25) is 0 Å². The molecule has 88 valence electrons. The van der Waals surface area contributed by atoms with Gasteiger partial charge in [0.1, 0.15) is 0 Å². The second-order valence-electron chi connectivity index (χ2n) is 3.95. The lowest BCUT2D eigenvalue weighted by molar-refractivity contribution is 0.628. The van der Waals surface area contributed by atoms with Crippen molar-refractivity contribution in [2.24, 2.45) is 0 Å². The molecule has 0 aliphatic heterocycles. The van der Waals surface area contributed by atoms with Gasteiger partial charge in [-0.05, 0) is 11.1 Å². The third-order valence-electron chi connectivity index (χ3n) is 2.63. The van der Waals surface area contributed by atoms with E-state index >= 15 is 0 Å². The Morgan fingerprint density at radius 3 is 2.82 bits per heavy atom. The van der Waals surface area contributed by atoms with Crippen LogP contribution in [0.5, 0.6) is 0 Å². The SMILES string of the molecule is C=C(CNCCn1ccnc1)c1ccccc1. The van der Waals surface area contributed by atoms with E-state index in [9.17, 15) is 0 Å². The number of nitrogens with zero attached hydrogens (tertiary/aromatic N) is 2. The van der Waals surface area contributed by atoms with Crippen LogP contribution in [0.25, 0.3) is 5.57 Å². The van der Waals surface area contributed by atoms with E-state index in [0.29, 0.717) is 0 Å². The summed E-state index contributed by atoms with van der Waals surface area (Å²) in [6.07, 6.45) is 5.59. The zero-order valence-electron chi connectivity index (χ0n) is 9.84. The fourth-order valence-corrected chi connectivity index (χ4v) is 1.64. The van der Waals surface area contributed by atoms with Gasteiger partial charge in [-0.25, -0.2) is 4.98 Å². The molecule has 1 heterocycles. The number of rotatable bonds is 6. The standard InChI is InChI=1S/C14H17N3/c1-13(14-5-3-2-4-6-14)11-15-7-9-17-10-8-16-12-17/h2-6,8,10,12,15H,1,7,9,11H2. The van der Waals surface area contributed by atoms with Crippen LogP contribution in [0.1, 0.15) is 5.56 Å². The van der Waals surface area contributed by atoms with Crippen LogP contribution in [0.3, 0.4) is 0 Å². The van der Waals surface area contributed by atoms with Gasteiger partial charge < -0.3 is 9.88 Å². The Kier molecular flexibility index (Phi) is 4.11. The third kappa shape index (κ3) is 3.57. The zero-order valence-corrected chi connectivity index (χ0v) is 9.84. The Morgan fingerprint density at radius 1 is 1.29 bits per heavy atom. The number of benzene rings is 1. The Bertz CT molecular complexity index is 446. The van der Waals surface area contributed by atoms with Crippen molar-refractivity contribution in [3.05, 3.63) is 61.2 Å². The summed E-state index contributed by atoms with van der Waals surface area (Å²) in [5.41, 5.74) is 2.32. The first kappa shape index (κ1) is 11.6. The first-order valence-corrected chi connectivity index (χ1v) is 5.76. The molecule has 1 aromatic carbocycles. The van der Waals surface area contributed by atoms with Crippen LogP contribution in [0.4, 0.5) is 0 Å². The summed E-state index contributed by atoms with van der Waals surface area (Å²) in [5, 5.41) is 3.37. The molecule has 0 spiro atoms. The van der Waals surface area contributed by atoms with Gasteiger partial charge in [-0.1, -0.05) is 36.9 Å². The average Bonchev–Trinajstić information content (AvgIpc) is 2.88. The lowest BCUT2D eigenvalue weighted by Crippen LogP contribution is -2.21. The van der Waals surface area contributed by atoms with Gasteiger partial charge in [-0.15, -0.1) is 0 Å². The maximum atomic E-state index is 4.08. The molecular weight excluding hydrogens is 210 g/mol. The Hall–Kier alpha value is -1.87. The van der Waals surface area contributed by atoms with Crippen LogP contribution in [-0.4, -0.2) is 22.6 Å². The average molecular weight is 227 g/mol. The molecule has 2 aromatic rings. The van der Waals surface area contributed by atoms with Gasteiger partial charge in [-0.2, -0.15) is 0 Å². The van der Waals surface area contributed by atoms with Crippen molar-refractivity contribution in [2.75, 3.05) is 13.1 Å². The van der Waals surface area contributed by atoms with E-state index in [1.54, 1.807) is 6.20 Å². The molecule has 0 saturated heterocycles. The van der Waals surface area contributed by atoms with Crippen molar-refractivity contribution in [2.45, 2.75) is 6.54 Å². The molecule has 1 aromatic heterocycles. The van der Waals surface area contributed by atoms with Crippen molar-refractivity contribution in [3.8, 4) is 0 Å². The van der Waals surface area contributed by atoms with Crippen LogP contribution >= 0.6 is 0 Å². The number of imidazole rings is 1. The molecule has 0 bridgehead atoms. The summed E-state index contributed by atoms with van der Waals surface area (Å²) in [6, 6.07) is 10.3. The number of nitrogens with one attached hydrogen (secondary N) is 1. The van der Waals surface area contributed by atoms with Gasteiger partial charge in [0, 0.05) is 32.0 Å². The molecule has 0 unspecified atom stereocenters. The molecule has 0 saturated carbocycles. The van der Waals surface area contributed by atoms with E-state index in [1.807, 2.05) is 30.7 Å². The molecular formula is C14H17N3. The summed E-state index contributed by atoms with van der Waals surface area (Å²) in [5.74, 6) is 0. The van der Waals surface area contributed by atoms with Crippen molar-refractivity contribution >= 4 is 5.57 Å². The molecule has 1 N–H and O–H groups in total. The first-order valence-electron chi connectivity index (χ1n) is 5.76. The Balaban J connectivity index is 1.70. The minimum Gasteiger partial charge on any atom is -0.336 e. The molecule has 2 rings (SSSR count). The highest BCUT2D eigenvalue weighted by molar-refractivity contribution is 5.64. The molecule has 0 aliphatic rings. The van der Waals surface area contributed by atoms with E-state index in [-0.39, 0.29) is 0 Å². The highest BCUT2D eigenvalue weighted by Crippen LogP contribution is 2.09. The van der Waals surface area contributed by atoms with Crippen molar-refractivity contribution in [3.63, 3.8) is 0 Å². The summed E-state index contributed by atoms with van der Waals surface area (Å²) in [4.78, 5) is 4.00. The monoisotopic (exact) mass is 227 g/mol. The minimum atomic E-state index is 0.818. The van der Waals surface area contributed by atoms with Gasteiger partial charge in [0.25, 0.3) is 0 Å². The largest absolute Gasteiger partial charge is 0.336 e. The number of hydrogen-bond donors (Lipinski definition) is 1. The maximum absolute atomic E-state index is 4.08. The van der Waals surface area contributed by atoms with Gasteiger partial charge in [-0.3, -0.25) is 0 Å². The predicted octanol–water partition coefficient (Wildman–Crippen LogP) is 2.19. The fourth-order valence-electron chi connectivity index (χ4n) is 1.64. The van der Waals surface area contributed by atoms with E-state index in [1.165, 1.54) is 5.56 Å². The summed E-state index contributed by atoms with van der Waals surface area (Å²) in [7, 11) is 0. The highest BCUT2D eigenvalue weighted by Gasteiger charge is 1.97. The van der Waals surface area contributed by atoms with Crippen molar-refractivity contribution in [1.82, 2.24) is 14.9 Å². The zero-order chi connectivity index (χ0) is 11.9. The van der Waals surface area contributed by atoms with E-state index in [0.717, 1.165) is 25.2 Å². The number of aromatic nitrogens is 2. The molecule has 17 heavy (non-hydrogen) atoms. The molecule has 0 radical (unpaired) electrons. The first-order chi connectivity index (χ1) is 8.36. The smallest absolute Gasteiger partial charge is 0.0946 e. The summed E-state index contributed by atoms with van der Waals surface area (Å²) >= 11 is 0. The highest BCUT2D eigenvalue weighted by atomic mass is 15.0. The molecule has 0 aliphatic carbocycles. The van der Waals surface area contributed by atoms with Crippen molar-refractivity contribution in [1.29, 1.82) is 0 Å². The Labute approximate surface area is 102 Å². The van der Waals surface area contributed by atoms with Crippen LogP contribution < -0.4 is 5.32 Å². The van der Waals surface area contributed by atoms with E-state index in [4.69, 9.17) is 0 Å². The van der Waals surface area contributed by atoms with Gasteiger partial charge in [0.15, 0.2) is 0 Å². The van der Waals surface area contributed by atoms with Crippen LogP contribution in [-0.2, 0) is 6.54 Å². The van der Waals surface area contributed by atoms with Gasteiger partial charge >= 0.3 is 0 Å². The normalized spacial score (nSPS) is 10.4. The van der Waals surface area contributed by atoms with E-state index < -0.39 is 0 Å². The lowest BCUT2D eigenvalue weighted by atomic mass is 10.1. The summed E-state index contributed by atoms with van der Waals surface area (Å²) < 4.78 is 2.05. The molecule has 0 atom stereocenters. The quantitative estimate of drug-likeness (QED) is 0.767. The predicted molar refractivity (Wildman–Crippen MR) is 70.6 cm³/mol. The number of hydrogen-bond acceptors (Lipinski definition) is 2. The maximum Gasteiger partial charge on any atom is 0.0946 e. The lowest BCUT2D eigenvalue weighted by Gasteiger charge is -2.08. The molecule has 3 heteroatoms. The Morgan fingerprint density at radius 2 is 2.12 bits per heavy atom. The second-order valence-corrected chi connectivity index (χ2v) is 3.95. The topological polar surface area (TPSA) is 29.9 Å². The van der Waals surface area contributed by atoms with Crippen molar-refractivity contribution < 1.29 is 0 Å². The summed E-state index contributed by atoms with van der Waals surface area (Å²) in [6.45, 7) is 6.75. The molecule has 3 nitrogen and oxygen atoms in total. The van der Waals surface area contributed by atoms with Crippen LogP contribution in [0.15, 0.2) is 55.6 Å². The fraction of sp³-hybridized carbons (Fsp3) is 0.214. The van der Waals surface area contributed by atoms with Gasteiger partial charge in [0.05, 0.1) is 6.33 Å². The third-order valence-corrected chi connectivity index (χ3v) is 2.63. The second kappa shape index (κ2) is 6.01. The molecule has 0 fully saturated rings.